The summed E-state index contributed by atoms with van der Waals surface area (Å²) in [6, 6.07) is 0. The van der Waals surface area contributed by atoms with Crippen LogP contribution < -0.4 is 0 Å². The molecule has 0 aliphatic carbocycles. The SMILES string of the molecule is C=CCOCC(O)CC.C=CCOCC(O)CC(C)OO.C=CCOCC(O)CN(C)CC(O)COCC=C.C=CCOCC(O)CN(C)CC1CO1.C=CCOCC(O)COC. The van der Waals surface area contributed by atoms with Crippen molar-refractivity contribution in [3.8, 4) is 0 Å². The van der Waals surface area contributed by atoms with E-state index in [1.165, 1.54) is 7.11 Å². The first-order chi connectivity index (χ1) is 30.1. The molecule has 374 valence electrons. The van der Waals surface area contributed by atoms with Crippen LogP contribution in [0.3, 0.4) is 0 Å². The lowest BCUT2D eigenvalue weighted by Gasteiger charge is -2.23. The summed E-state index contributed by atoms with van der Waals surface area (Å²) in [5.41, 5.74) is 0. The maximum Gasteiger partial charge on any atom is 0.101 e. The average molecular weight is 913 g/mol. The number of aliphatic hydroxyl groups excluding tert-OH is 6. The summed E-state index contributed by atoms with van der Waals surface area (Å²) in [4.78, 5) is 7.88. The van der Waals surface area contributed by atoms with Crippen LogP contribution in [-0.4, -0.2) is 234 Å². The molecule has 18 nitrogen and oxygen atoms in total. The molecule has 63 heavy (non-hydrogen) atoms. The van der Waals surface area contributed by atoms with Gasteiger partial charge in [0, 0.05) is 39.7 Å². The lowest BCUT2D eigenvalue weighted by Crippen LogP contribution is -2.38. The molecule has 1 heterocycles. The minimum atomic E-state index is -0.605. The number of ether oxygens (including phenoxy) is 8. The molecule has 0 saturated carbocycles. The summed E-state index contributed by atoms with van der Waals surface area (Å²) >= 11 is 0. The van der Waals surface area contributed by atoms with Gasteiger partial charge in [0.2, 0.25) is 0 Å². The molecule has 0 bridgehead atoms. The van der Waals surface area contributed by atoms with Crippen LogP contribution in [0.5, 0.6) is 0 Å². The number of methoxy groups -OCH3 is 1. The van der Waals surface area contributed by atoms with Crippen molar-refractivity contribution in [1.29, 1.82) is 0 Å². The van der Waals surface area contributed by atoms with Crippen molar-refractivity contribution in [2.45, 2.75) is 75.5 Å². The van der Waals surface area contributed by atoms with E-state index in [9.17, 15) is 20.4 Å². The van der Waals surface area contributed by atoms with Gasteiger partial charge in [-0.3, -0.25) is 5.26 Å². The van der Waals surface area contributed by atoms with Crippen molar-refractivity contribution in [2.75, 3.05) is 140 Å². The van der Waals surface area contributed by atoms with Gasteiger partial charge in [-0.25, -0.2) is 4.89 Å². The first-order valence-electron chi connectivity index (χ1n) is 21.1. The van der Waals surface area contributed by atoms with E-state index in [0.29, 0.717) is 98.2 Å². The minimum Gasteiger partial charge on any atom is -0.391 e. The van der Waals surface area contributed by atoms with Crippen molar-refractivity contribution >= 4 is 0 Å². The molecule has 8 atom stereocenters. The molecule has 0 amide bonds. The number of hydrogen-bond acceptors (Lipinski definition) is 18. The standard InChI is InChI=1S/C13H25NO4.C10H19NO3.C8H16O4.C7H14O3.C7H14O2/c1-4-6-17-10-12(15)8-14(3)9-13(16)11-18-7-5-2;1-3-4-13-7-9(12)5-11(2)6-10-8-14-10;1-3-4-11-6-8(9)5-7(2)12-10;1-3-4-10-6-7(8)5-9-2;1-3-5-9-6-7(8)4-2/h4-5,12-13,15-16H,1-2,6-11H2,3H3;3,9-10,12H,1,4-8H2,2H3;3,7-10H,1,4-6H2,2H3;3,7-8H,1,4-6H2,2H3;3,7-8H,1,4-6H2,2H3. The predicted octanol–water partition coefficient (Wildman–Crippen LogP) is 1.90. The summed E-state index contributed by atoms with van der Waals surface area (Å²) in [7, 11) is 5.34. The largest absolute Gasteiger partial charge is 0.391 e. The van der Waals surface area contributed by atoms with E-state index in [4.69, 9.17) is 48.6 Å². The Kier molecular flexibility index (Phi) is 55.9. The third-order valence-electron chi connectivity index (χ3n) is 7.37. The Hall–Kier alpha value is -2.28. The molecule has 0 aromatic heterocycles. The molecule has 0 aromatic carbocycles. The normalized spacial score (nSPS) is 16.0. The van der Waals surface area contributed by atoms with Crippen LogP contribution in [0, 0.1) is 0 Å². The van der Waals surface area contributed by atoms with Gasteiger partial charge in [0.25, 0.3) is 0 Å². The molecule has 7 N–H and O–H groups in total. The minimum absolute atomic E-state index is 0.236. The number of nitrogens with zero attached hydrogens (tertiary/aromatic N) is 2. The number of epoxide rings is 1. The molecule has 1 saturated heterocycles. The fraction of sp³-hybridized carbons (Fsp3) is 0.733. The van der Waals surface area contributed by atoms with Crippen LogP contribution in [-0.2, 0) is 42.8 Å². The highest BCUT2D eigenvalue weighted by atomic mass is 17.1. The number of rotatable bonds is 38. The van der Waals surface area contributed by atoms with E-state index in [-0.39, 0.29) is 32.0 Å². The van der Waals surface area contributed by atoms with Crippen LogP contribution in [0.2, 0.25) is 0 Å². The third-order valence-corrected chi connectivity index (χ3v) is 7.37. The van der Waals surface area contributed by atoms with E-state index in [2.05, 4.69) is 54.0 Å². The van der Waals surface area contributed by atoms with E-state index in [0.717, 1.165) is 19.6 Å². The molecule has 1 fully saturated rings. The molecule has 18 heteroatoms. The van der Waals surface area contributed by atoms with Crippen molar-refractivity contribution in [2.24, 2.45) is 0 Å². The smallest absolute Gasteiger partial charge is 0.101 e. The fourth-order valence-corrected chi connectivity index (χ4v) is 4.48. The zero-order valence-electron chi connectivity index (χ0n) is 39.2. The monoisotopic (exact) mass is 913 g/mol. The predicted molar refractivity (Wildman–Crippen MR) is 247 cm³/mol. The summed E-state index contributed by atoms with van der Waals surface area (Å²) < 4.78 is 40.1. The van der Waals surface area contributed by atoms with Gasteiger partial charge < -0.3 is 78.3 Å². The van der Waals surface area contributed by atoms with Gasteiger partial charge in [-0.15, -0.1) is 39.5 Å². The molecular weight excluding hydrogens is 824 g/mol. The van der Waals surface area contributed by atoms with Crippen molar-refractivity contribution in [3.63, 3.8) is 0 Å². The van der Waals surface area contributed by atoms with E-state index >= 15 is 0 Å². The summed E-state index contributed by atoms with van der Waals surface area (Å²) in [6.45, 7) is 32.7. The molecule has 8 unspecified atom stereocenters. The van der Waals surface area contributed by atoms with Gasteiger partial charge in [-0.1, -0.05) is 43.4 Å². The zero-order chi connectivity index (χ0) is 48.5. The maximum atomic E-state index is 9.65. The van der Waals surface area contributed by atoms with Gasteiger partial charge in [0.15, 0.2) is 0 Å². The second-order valence-corrected chi connectivity index (χ2v) is 14.3. The van der Waals surface area contributed by atoms with E-state index < -0.39 is 30.5 Å². The average Bonchev–Trinajstić information content (AvgIpc) is 4.06. The van der Waals surface area contributed by atoms with Crippen LogP contribution in [0.4, 0.5) is 0 Å². The van der Waals surface area contributed by atoms with Gasteiger partial charge in [0.05, 0.1) is 135 Å². The Morgan fingerprint density at radius 2 is 0.857 bits per heavy atom. The molecular formula is C45H88N2O16. The quantitative estimate of drug-likeness (QED) is 0.0154. The van der Waals surface area contributed by atoms with Gasteiger partial charge in [0.1, 0.15) is 6.10 Å². The van der Waals surface area contributed by atoms with Gasteiger partial charge in [-0.05, 0) is 27.4 Å². The fourth-order valence-electron chi connectivity index (χ4n) is 4.48. The lowest BCUT2D eigenvalue weighted by atomic mass is 10.2. The molecule has 0 aromatic rings. The topological polar surface area (TPSA) is 234 Å². The van der Waals surface area contributed by atoms with Crippen LogP contribution in [0.15, 0.2) is 75.9 Å². The molecule has 1 aliphatic heterocycles. The number of aliphatic hydroxyl groups is 6. The zero-order valence-corrected chi connectivity index (χ0v) is 39.2. The number of likely N-dealkylation sites (N-methyl/N-ethyl adjacent to an activating group) is 2. The van der Waals surface area contributed by atoms with Crippen LogP contribution in [0.1, 0.15) is 26.7 Å². The third kappa shape index (κ3) is 59.7. The summed E-state index contributed by atoms with van der Waals surface area (Å²) in [6.07, 6.45) is 7.95. The Bertz CT molecular complexity index is 991. The summed E-state index contributed by atoms with van der Waals surface area (Å²) in [5.74, 6) is 0. The van der Waals surface area contributed by atoms with Gasteiger partial charge in [-0.2, -0.15) is 0 Å². The van der Waals surface area contributed by atoms with Crippen molar-refractivity contribution < 1.29 is 78.7 Å². The number of hydrogen-bond donors (Lipinski definition) is 7. The molecule has 1 rings (SSSR count). The highest BCUT2D eigenvalue weighted by Gasteiger charge is 2.24. The molecule has 0 radical (unpaired) electrons. The first kappa shape index (κ1) is 67.3. The summed E-state index contributed by atoms with van der Waals surface area (Å²) in [5, 5.41) is 64.2. The van der Waals surface area contributed by atoms with Gasteiger partial charge >= 0.3 is 0 Å². The molecule has 0 spiro atoms. The van der Waals surface area contributed by atoms with Crippen LogP contribution >= 0.6 is 0 Å². The lowest BCUT2D eigenvalue weighted by molar-refractivity contribution is -0.278. The second kappa shape index (κ2) is 52.3. The van der Waals surface area contributed by atoms with Crippen molar-refractivity contribution in [3.05, 3.63) is 75.9 Å². The van der Waals surface area contributed by atoms with E-state index in [1.54, 1.807) is 43.4 Å². The van der Waals surface area contributed by atoms with Crippen LogP contribution in [0.25, 0.3) is 0 Å². The Balaban J connectivity index is -0.000000353. The Morgan fingerprint density at radius 1 is 0.540 bits per heavy atom. The molecule has 1 aliphatic rings. The van der Waals surface area contributed by atoms with Crippen molar-refractivity contribution in [1.82, 2.24) is 9.80 Å². The first-order valence-corrected chi connectivity index (χ1v) is 21.1. The second-order valence-electron chi connectivity index (χ2n) is 14.3. The maximum absolute atomic E-state index is 9.65. The highest BCUT2D eigenvalue weighted by Crippen LogP contribution is 2.10. The Morgan fingerprint density at radius 3 is 1.16 bits per heavy atom. The highest BCUT2D eigenvalue weighted by molar-refractivity contribution is 4.75. The van der Waals surface area contributed by atoms with E-state index in [1.807, 2.05) is 25.9 Å². The Labute approximate surface area is 379 Å².